The van der Waals surface area contributed by atoms with Gasteiger partial charge < -0.3 is 19.9 Å². The zero-order chi connectivity index (χ0) is 19.1. The van der Waals surface area contributed by atoms with Crippen LogP contribution in [0.5, 0.6) is 5.75 Å². The molecule has 0 saturated carbocycles. The van der Waals surface area contributed by atoms with Gasteiger partial charge in [-0.05, 0) is 61.6 Å². The van der Waals surface area contributed by atoms with Crippen LogP contribution < -0.4 is 10.2 Å². The minimum atomic E-state index is -0.185. The maximum absolute atomic E-state index is 10.5. The van der Waals surface area contributed by atoms with E-state index in [4.69, 9.17) is 23.8 Å². The van der Waals surface area contributed by atoms with Crippen molar-refractivity contribution in [3.05, 3.63) is 76.8 Å². The van der Waals surface area contributed by atoms with E-state index in [0.29, 0.717) is 15.8 Å². The summed E-state index contributed by atoms with van der Waals surface area (Å²) in [6, 6.07) is 14.6. The molecule has 27 heavy (non-hydrogen) atoms. The average molecular weight is 399 g/mol. The van der Waals surface area contributed by atoms with Gasteiger partial charge in [-0.15, -0.1) is 0 Å². The van der Waals surface area contributed by atoms with Crippen molar-refractivity contribution in [1.29, 1.82) is 0 Å². The first-order chi connectivity index (χ1) is 13.0. The fourth-order valence-electron chi connectivity index (χ4n) is 3.53. The fourth-order valence-corrected chi connectivity index (χ4v) is 4.04. The summed E-state index contributed by atoms with van der Waals surface area (Å²) in [5, 5.41) is 14.9. The van der Waals surface area contributed by atoms with Gasteiger partial charge in [0.1, 0.15) is 11.8 Å². The maximum Gasteiger partial charge on any atom is 0.174 e. The molecule has 5 nitrogen and oxygen atoms in total. The van der Waals surface area contributed by atoms with Crippen LogP contribution in [0.1, 0.15) is 29.2 Å². The largest absolute Gasteiger partial charge is 0.506 e. The van der Waals surface area contributed by atoms with Crippen molar-refractivity contribution in [2.75, 3.05) is 4.90 Å². The molecule has 3 heterocycles. The van der Waals surface area contributed by atoms with Gasteiger partial charge in [0.15, 0.2) is 5.11 Å². The van der Waals surface area contributed by atoms with Crippen molar-refractivity contribution in [3.8, 4) is 5.75 Å². The number of anilines is 1. The lowest BCUT2D eigenvalue weighted by molar-refractivity contribution is 0.471. The zero-order valence-electron chi connectivity index (χ0n) is 14.9. The Kier molecular flexibility index (Phi) is 4.53. The molecule has 0 aliphatic carbocycles. The van der Waals surface area contributed by atoms with Crippen molar-refractivity contribution in [1.82, 2.24) is 14.9 Å². The number of aryl methyl sites for hydroxylation is 1. The number of phenols is 1. The second kappa shape index (κ2) is 6.87. The fraction of sp³-hybridized carbons (Fsp3) is 0.200. The van der Waals surface area contributed by atoms with Gasteiger partial charge in [-0.25, -0.2) is 0 Å². The Bertz CT molecular complexity index is 1000. The Hall–Kier alpha value is -2.57. The topological polar surface area (TPSA) is 53.3 Å². The van der Waals surface area contributed by atoms with Crippen molar-refractivity contribution in [3.63, 3.8) is 0 Å². The Labute approximate surface area is 168 Å². The number of nitrogens with one attached hydrogen (secondary N) is 1. The summed E-state index contributed by atoms with van der Waals surface area (Å²) >= 11 is 11.9. The Morgan fingerprint density at radius 2 is 2.00 bits per heavy atom. The van der Waals surface area contributed by atoms with Gasteiger partial charge in [0.25, 0.3) is 0 Å². The molecule has 2 aromatic heterocycles. The zero-order valence-corrected chi connectivity index (χ0v) is 16.5. The first-order valence-corrected chi connectivity index (χ1v) is 9.37. The second-order valence-corrected chi connectivity index (χ2v) is 7.41. The molecule has 2 atom stereocenters. The monoisotopic (exact) mass is 398 g/mol. The highest BCUT2D eigenvalue weighted by Crippen LogP contribution is 2.44. The molecule has 0 spiro atoms. The summed E-state index contributed by atoms with van der Waals surface area (Å²) in [5.41, 5.74) is 3.66. The number of hydrogen-bond donors (Lipinski definition) is 2. The Morgan fingerprint density at radius 3 is 2.67 bits per heavy atom. The summed E-state index contributed by atoms with van der Waals surface area (Å²) in [6.45, 7) is 2.06. The van der Waals surface area contributed by atoms with E-state index in [1.807, 2.05) is 30.1 Å². The SMILES string of the molecule is Cc1ccc(C2C(c3ccccn3)NC(=S)N2c2cc(Cl)ccc2O)n1C. The van der Waals surface area contributed by atoms with E-state index in [2.05, 4.69) is 33.9 Å². The van der Waals surface area contributed by atoms with Crippen LogP contribution in [0.25, 0.3) is 0 Å². The van der Waals surface area contributed by atoms with Gasteiger partial charge in [-0.3, -0.25) is 4.98 Å². The molecule has 1 aliphatic heterocycles. The van der Waals surface area contributed by atoms with Gasteiger partial charge >= 0.3 is 0 Å². The van der Waals surface area contributed by atoms with Crippen molar-refractivity contribution >= 4 is 34.6 Å². The summed E-state index contributed by atoms with van der Waals surface area (Å²) in [7, 11) is 2.03. The molecular weight excluding hydrogens is 380 g/mol. The molecule has 0 radical (unpaired) electrons. The Balaban J connectivity index is 1.90. The molecule has 1 fully saturated rings. The summed E-state index contributed by atoms with van der Waals surface area (Å²) in [4.78, 5) is 6.45. The minimum absolute atomic E-state index is 0.126. The van der Waals surface area contributed by atoms with Crippen LogP contribution in [-0.4, -0.2) is 19.8 Å². The third-order valence-electron chi connectivity index (χ3n) is 5.01. The number of hydrogen-bond acceptors (Lipinski definition) is 3. The van der Waals surface area contributed by atoms with Crippen LogP contribution in [0.2, 0.25) is 5.02 Å². The number of rotatable bonds is 3. The number of halogens is 1. The molecule has 1 aromatic carbocycles. The van der Waals surface area contributed by atoms with Gasteiger partial charge in [-0.2, -0.15) is 0 Å². The number of nitrogens with zero attached hydrogens (tertiary/aromatic N) is 3. The van der Waals surface area contributed by atoms with E-state index >= 15 is 0 Å². The van der Waals surface area contributed by atoms with Gasteiger partial charge in [0, 0.05) is 29.7 Å². The lowest BCUT2D eigenvalue weighted by atomic mass is 10.0. The molecule has 2 N–H and O–H groups in total. The standard InChI is InChI=1S/C20H19ClN4OS/c1-12-6-8-15(24(12)2)19-18(14-5-3-4-10-22-14)23-20(27)25(19)16-11-13(21)7-9-17(16)26/h3-11,18-19,26H,1-2H3,(H,23,27). The third kappa shape index (κ3) is 3.05. The lowest BCUT2D eigenvalue weighted by Crippen LogP contribution is -2.30. The summed E-state index contributed by atoms with van der Waals surface area (Å²) in [6.07, 6.45) is 1.77. The second-order valence-electron chi connectivity index (χ2n) is 6.59. The summed E-state index contributed by atoms with van der Waals surface area (Å²) in [5.74, 6) is 0.126. The van der Waals surface area contributed by atoms with E-state index in [-0.39, 0.29) is 17.8 Å². The molecule has 0 bridgehead atoms. The van der Waals surface area contributed by atoms with Crippen LogP contribution in [-0.2, 0) is 7.05 Å². The van der Waals surface area contributed by atoms with Crippen LogP contribution >= 0.6 is 23.8 Å². The average Bonchev–Trinajstić information content (AvgIpc) is 3.17. The molecule has 2 unspecified atom stereocenters. The smallest absolute Gasteiger partial charge is 0.174 e. The number of benzene rings is 1. The molecule has 7 heteroatoms. The minimum Gasteiger partial charge on any atom is -0.506 e. The molecule has 0 amide bonds. The van der Waals surface area contributed by atoms with E-state index in [9.17, 15) is 5.11 Å². The van der Waals surface area contributed by atoms with E-state index in [0.717, 1.165) is 17.1 Å². The Morgan fingerprint density at radius 1 is 1.19 bits per heavy atom. The normalized spacial score (nSPS) is 19.4. The van der Waals surface area contributed by atoms with Gasteiger partial charge in [0.2, 0.25) is 0 Å². The van der Waals surface area contributed by atoms with Crippen molar-refractivity contribution in [2.24, 2.45) is 7.05 Å². The van der Waals surface area contributed by atoms with Gasteiger partial charge in [0.05, 0.1) is 17.4 Å². The predicted molar refractivity (Wildman–Crippen MR) is 111 cm³/mol. The van der Waals surface area contributed by atoms with Crippen LogP contribution in [0.15, 0.2) is 54.7 Å². The third-order valence-corrected chi connectivity index (χ3v) is 5.56. The first kappa shape index (κ1) is 17.8. The van der Waals surface area contributed by atoms with Gasteiger partial charge in [-0.1, -0.05) is 17.7 Å². The molecular formula is C20H19ClN4OS. The van der Waals surface area contributed by atoms with Crippen molar-refractivity contribution < 1.29 is 5.11 Å². The number of phenolic OH excluding ortho intramolecular Hbond substituents is 1. The molecule has 1 aliphatic rings. The van der Waals surface area contributed by atoms with E-state index < -0.39 is 0 Å². The quantitative estimate of drug-likeness (QED) is 0.645. The first-order valence-electron chi connectivity index (χ1n) is 8.59. The molecule has 1 saturated heterocycles. The number of aromatic hydroxyl groups is 1. The predicted octanol–water partition coefficient (Wildman–Crippen LogP) is 4.26. The number of aromatic nitrogens is 2. The maximum atomic E-state index is 10.5. The van der Waals surface area contributed by atoms with Crippen LogP contribution in [0, 0.1) is 6.92 Å². The van der Waals surface area contributed by atoms with E-state index in [1.165, 1.54) is 0 Å². The van der Waals surface area contributed by atoms with Crippen LogP contribution in [0.4, 0.5) is 5.69 Å². The number of pyridine rings is 1. The highest BCUT2D eigenvalue weighted by atomic mass is 35.5. The molecule has 3 aromatic rings. The number of thiocarbonyl (C=S) groups is 1. The lowest BCUT2D eigenvalue weighted by Gasteiger charge is -2.29. The molecule has 4 rings (SSSR count). The van der Waals surface area contributed by atoms with E-state index in [1.54, 1.807) is 24.4 Å². The van der Waals surface area contributed by atoms with Crippen LogP contribution in [0.3, 0.4) is 0 Å². The van der Waals surface area contributed by atoms with Crippen molar-refractivity contribution in [2.45, 2.75) is 19.0 Å². The summed E-state index contributed by atoms with van der Waals surface area (Å²) < 4.78 is 2.13. The highest BCUT2D eigenvalue weighted by molar-refractivity contribution is 7.80. The highest BCUT2D eigenvalue weighted by Gasteiger charge is 2.42. The molecule has 138 valence electrons.